The molecule has 0 bridgehead atoms. The van der Waals surface area contributed by atoms with Crippen molar-refractivity contribution in [1.29, 1.82) is 0 Å². The first-order chi connectivity index (χ1) is 12.8. The van der Waals surface area contributed by atoms with Crippen LogP contribution in [0.2, 0.25) is 0 Å². The lowest BCUT2D eigenvalue weighted by Crippen LogP contribution is -2.17. The zero-order valence-corrected chi connectivity index (χ0v) is 14.7. The van der Waals surface area contributed by atoms with Crippen LogP contribution in [0.5, 0.6) is 0 Å². The number of fused-ring (bicyclic) bond motifs is 1. The van der Waals surface area contributed by atoms with Crippen LogP contribution in [0.4, 0.5) is 0 Å². The molecule has 1 nitrogen and oxygen atoms in total. The van der Waals surface area contributed by atoms with Crippen molar-refractivity contribution < 1.29 is 0 Å². The summed E-state index contributed by atoms with van der Waals surface area (Å²) in [7, 11) is 0. The maximum atomic E-state index is 4.24. The SMILES string of the molecule is C=C(NC1CCc2ccccc21)c1ccc(C#Cc2ccccc2)cc1. The summed E-state index contributed by atoms with van der Waals surface area (Å²) in [5.41, 5.74) is 6.97. The molecule has 0 spiro atoms. The van der Waals surface area contributed by atoms with Gasteiger partial charge in [-0.1, -0.05) is 73.0 Å². The lowest BCUT2D eigenvalue weighted by atomic mass is 10.1. The van der Waals surface area contributed by atoms with Gasteiger partial charge in [0.05, 0.1) is 6.04 Å². The summed E-state index contributed by atoms with van der Waals surface area (Å²) in [6, 6.07) is 27.4. The molecule has 1 aliphatic carbocycles. The maximum Gasteiger partial charge on any atom is 0.0519 e. The number of aryl methyl sites for hydroxylation is 1. The third kappa shape index (κ3) is 3.55. The van der Waals surface area contributed by atoms with Crippen LogP contribution in [-0.4, -0.2) is 0 Å². The Morgan fingerprint density at radius 1 is 0.808 bits per heavy atom. The van der Waals surface area contributed by atoms with Gasteiger partial charge in [-0.25, -0.2) is 0 Å². The third-order valence-electron chi connectivity index (χ3n) is 4.84. The fourth-order valence-electron chi connectivity index (χ4n) is 3.42. The number of hydrogen-bond acceptors (Lipinski definition) is 1. The van der Waals surface area contributed by atoms with Crippen molar-refractivity contribution in [3.05, 3.63) is 113 Å². The molecule has 1 heteroatoms. The van der Waals surface area contributed by atoms with Crippen LogP contribution in [0.15, 0.2) is 85.4 Å². The van der Waals surface area contributed by atoms with Crippen molar-refractivity contribution in [1.82, 2.24) is 5.32 Å². The van der Waals surface area contributed by atoms with Crippen molar-refractivity contribution in [2.75, 3.05) is 0 Å². The maximum absolute atomic E-state index is 4.24. The molecular weight excluding hydrogens is 314 g/mol. The molecule has 26 heavy (non-hydrogen) atoms. The second-order valence-corrected chi connectivity index (χ2v) is 6.61. The molecule has 0 aromatic heterocycles. The van der Waals surface area contributed by atoms with Crippen molar-refractivity contribution in [3.63, 3.8) is 0 Å². The summed E-state index contributed by atoms with van der Waals surface area (Å²) in [5, 5.41) is 3.60. The molecule has 0 heterocycles. The first-order valence-electron chi connectivity index (χ1n) is 9.00. The van der Waals surface area contributed by atoms with Gasteiger partial charge >= 0.3 is 0 Å². The predicted octanol–water partition coefficient (Wildman–Crippen LogP) is 5.33. The van der Waals surface area contributed by atoms with Crippen molar-refractivity contribution in [2.45, 2.75) is 18.9 Å². The van der Waals surface area contributed by atoms with Gasteiger partial charge in [0.1, 0.15) is 0 Å². The van der Waals surface area contributed by atoms with E-state index < -0.39 is 0 Å². The van der Waals surface area contributed by atoms with E-state index in [1.165, 1.54) is 11.1 Å². The van der Waals surface area contributed by atoms with E-state index in [9.17, 15) is 0 Å². The molecule has 0 saturated carbocycles. The molecule has 1 aliphatic rings. The summed E-state index contributed by atoms with van der Waals surface area (Å²) in [5.74, 6) is 6.40. The Bertz CT molecular complexity index is 972. The van der Waals surface area contributed by atoms with Gasteiger partial charge in [0.15, 0.2) is 0 Å². The zero-order chi connectivity index (χ0) is 17.8. The summed E-state index contributed by atoms with van der Waals surface area (Å²) in [6.45, 7) is 4.24. The Morgan fingerprint density at radius 2 is 1.46 bits per heavy atom. The lowest BCUT2D eigenvalue weighted by Gasteiger charge is -2.17. The van der Waals surface area contributed by atoms with E-state index in [0.717, 1.165) is 35.2 Å². The first-order valence-corrected chi connectivity index (χ1v) is 9.00. The summed E-state index contributed by atoms with van der Waals surface area (Å²) in [4.78, 5) is 0. The van der Waals surface area contributed by atoms with Gasteiger partial charge in [-0.3, -0.25) is 0 Å². The van der Waals surface area contributed by atoms with Crippen LogP contribution in [0, 0.1) is 11.8 Å². The average molecular weight is 335 g/mol. The molecule has 1 atom stereocenters. The van der Waals surface area contributed by atoms with E-state index in [4.69, 9.17) is 0 Å². The van der Waals surface area contributed by atoms with Crippen molar-refractivity contribution >= 4 is 5.70 Å². The molecule has 1 unspecified atom stereocenters. The first kappa shape index (κ1) is 16.2. The normalized spacial score (nSPS) is 14.8. The predicted molar refractivity (Wildman–Crippen MR) is 109 cm³/mol. The largest absolute Gasteiger partial charge is 0.378 e. The van der Waals surface area contributed by atoms with Crippen molar-refractivity contribution in [2.24, 2.45) is 0 Å². The molecule has 126 valence electrons. The summed E-state index contributed by atoms with van der Waals surface area (Å²) >= 11 is 0. The van der Waals surface area contributed by atoms with Gasteiger partial charge < -0.3 is 5.32 Å². The molecular formula is C25H21N. The number of nitrogens with one attached hydrogen (secondary N) is 1. The summed E-state index contributed by atoms with van der Waals surface area (Å²) < 4.78 is 0. The molecule has 3 aromatic rings. The van der Waals surface area contributed by atoms with Crippen LogP contribution in [0.25, 0.3) is 5.70 Å². The minimum atomic E-state index is 0.358. The van der Waals surface area contributed by atoms with Gasteiger partial charge in [0.2, 0.25) is 0 Å². The molecule has 3 aromatic carbocycles. The number of rotatable bonds is 3. The molecule has 4 rings (SSSR count). The molecule has 0 aliphatic heterocycles. The van der Waals surface area contributed by atoms with E-state index in [-0.39, 0.29) is 0 Å². The van der Waals surface area contributed by atoms with E-state index in [0.29, 0.717) is 6.04 Å². The second kappa shape index (κ2) is 7.33. The van der Waals surface area contributed by atoms with Crippen molar-refractivity contribution in [3.8, 4) is 11.8 Å². The van der Waals surface area contributed by atoms with Crippen LogP contribution in [-0.2, 0) is 6.42 Å². The fourth-order valence-corrected chi connectivity index (χ4v) is 3.42. The topological polar surface area (TPSA) is 12.0 Å². The fraction of sp³-hybridized carbons (Fsp3) is 0.120. The Balaban J connectivity index is 1.44. The van der Waals surface area contributed by atoms with E-state index >= 15 is 0 Å². The smallest absolute Gasteiger partial charge is 0.0519 e. The Labute approximate surface area is 155 Å². The van der Waals surface area contributed by atoms with E-state index in [2.05, 4.69) is 72.3 Å². The van der Waals surface area contributed by atoms with Gasteiger partial charge in [0, 0.05) is 16.8 Å². The molecule has 0 saturated heterocycles. The Kier molecular flexibility index (Phi) is 4.58. The highest BCUT2D eigenvalue weighted by Gasteiger charge is 2.21. The highest BCUT2D eigenvalue weighted by molar-refractivity contribution is 5.63. The van der Waals surface area contributed by atoms with Crippen LogP contribution < -0.4 is 5.32 Å². The number of hydrogen-bond donors (Lipinski definition) is 1. The quantitative estimate of drug-likeness (QED) is 0.638. The molecule has 0 radical (unpaired) electrons. The van der Waals surface area contributed by atoms with E-state index in [1.54, 1.807) is 0 Å². The highest BCUT2D eigenvalue weighted by Crippen LogP contribution is 2.32. The monoisotopic (exact) mass is 335 g/mol. The van der Waals surface area contributed by atoms with Gasteiger partial charge in [-0.15, -0.1) is 0 Å². The third-order valence-corrected chi connectivity index (χ3v) is 4.84. The van der Waals surface area contributed by atoms with Crippen LogP contribution in [0.1, 0.15) is 40.3 Å². The Morgan fingerprint density at radius 3 is 2.23 bits per heavy atom. The van der Waals surface area contributed by atoms with Crippen LogP contribution in [0.3, 0.4) is 0 Å². The second-order valence-electron chi connectivity index (χ2n) is 6.61. The lowest BCUT2D eigenvalue weighted by molar-refractivity contribution is 0.628. The number of benzene rings is 3. The zero-order valence-electron chi connectivity index (χ0n) is 14.7. The minimum Gasteiger partial charge on any atom is -0.378 e. The van der Waals surface area contributed by atoms with Gasteiger partial charge in [-0.05, 0) is 53.8 Å². The van der Waals surface area contributed by atoms with Gasteiger partial charge in [0.25, 0.3) is 0 Å². The average Bonchev–Trinajstić information content (AvgIpc) is 3.10. The minimum absolute atomic E-state index is 0.358. The van der Waals surface area contributed by atoms with E-state index in [1.807, 2.05) is 30.3 Å². The molecule has 1 N–H and O–H groups in total. The Hall–Kier alpha value is -3.24. The standard InChI is InChI=1S/C25H21N/c1-19(26-25-18-17-23-9-5-6-10-24(23)25)22-15-13-21(14-16-22)12-11-20-7-3-2-4-8-20/h2-10,13-16,25-26H,1,17-18H2. The molecule has 0 amide bonds. The molecule has 0 fully saturated rings. The summed E-state index contributed by atoms with van der Waals surface area (Å²) in [6.07, 6.45) is 2.26. The van der Waals surface area contributed by atoms with Gasteiger partial charge in [-0.2, -0.15) is 0 Å². The highest BCUT2D eigenvalue weighted by atomic mass is 14.9. The van der Waals surface area contributed by atoms with Crippen LogP contribution >= 0.6 is 0 Å².